The fraction of sp³-hybridized carbons (Fsp3) is 0.292. The number of hydrogen-bond acceptors (Lipinski definition) is 5. The molecule has 0 bridgehead atoms. The lowest BCUT2D eigenvalue weighted by Crippen LogP contribution is -2.40. The molecule has 0 aliphatic carbocycles. The van der Waals surface area contributed by atoms with Crippen molar-refractivity contribution in [3.05, 3.63) is 81.0 Å². The molecule has 2 aromatic carbocycles. The van der Waals surface area contributed by atoms with Gasteiger partial charge in [0.25, 0.3) is 5.91 Å². The topological polar surface area (TPSA) is 38.8 Å². The van der Waals surface area contributed by atoms with E-state index in [1.54, 1.807) is 37.3 Å². The smallest absolute Gasteiger partial charge is 0.254 e. The zero-order valence-electron chi connectivity index (χ0n) is 17.4. The van der Waals surface area contributed by atoms with E-state index >= 15 is 0 Å². The van der Waals surface area contributed by atoms with E-state index in [0.29, 0.717) is 12.3 Å². The summed E-state index contributed by atoms with van der Waals surface area (Å²) in [6.07, 6.45) is 2.87. The molecule has 0 radical (unpaired) electrons. The molecule has 1 aliphatic rings. The molecule has 4 rings (SSSR count). The molecule has 0 saturated heterocycles. The molecular weight excluding hydrogens is 414 g/mol. The van der Waals surface area contributed by atoms with Crippen LogP contribution in [0.5, 0.6) is 11.5 Å². The number of fused-ring (bicyclic) bond motifs is 1. The van der Waals surface area contributed by atoms with Crippen LogP contribution in [-0.4, -0.2) is 37.8 Å². The Morgan fingerprint density at radius 2 is 1.87 bits per heavy atom. The minimum Gasteiger partial charge on any atom is -0.493 e. The second-order valence-corrected chi connectivity index (χ2v) is 9.05. The van der Waals surface area contributed by atoms with Gasteiger partial charge in [-0.05, 0) is 65.1 Å². The molecule has 1 atom stereocenters. The minimum absolute atomic E-state index is 0.0598. The molecule has 30 heavy (non-hydrogen) atoms. The lowest BCUT2D eigenvalue weighted by Gasteiger charge is -2.37. The third-order valence-corrected chi connectivity index (χ3v) is 7.01. The van der Waals surface area contributed by atoms with E-state index < -0.39 is 0 Å². The lowest BCUT2D eigenvalue weighted by molar-refractivity contribution is 0.0697. The number of thioether (sulfide) groups is 1. The van der Waals surface area contributed by atoms with Crippen molar-refractivity contribution in [3.63, 3.8) is 0 Å². The summed E-state index contributed by atoms with van der Waals surface area (Å²) in [7, 11) is 3.30. The number of nitrogens with zero attached hydrogens (tertiary/aromatic N) is 1. The number of benzene rings is 2. The van der Waals surface area contributed by atoms with Crippen molar-refractivity contribution < 1.29 is 14.3 Å². The Kier molecular flexibility index (Phi) is 6.35. The zero-order chi connectivity index (χ0) is 21.1. The van der Waals surface area contributed by atoms with Crippen molar-refractivity contribution in [2.45, 2.75) is 18.2 Å². The zero-order valence-corrected chi connectivity index (χ0v) is 19.0. The Balaban J connectivity index is 1.74. The Bertz CT molecular complexity index is 1020. The normalized spacial score (nSPS) is 15.6. The average molecular weight is 440 g/mol. The second kappa shape index (κ2) is 9.14. The molecule has 0 N–H and O–H groups in total. The molecule has 3 aromatic rings. The van der Waals surface area contributed by atoms with Crippen LogP contribution in [0.2, 0.25) is 0 Å². The molecule has 1 aromatic heterocycles. The number of ether oxygens (including phenoxy) is 2. The molecular formula is C24H25NO3S2. The van der Waals surface area contributed by atoms with Crippen LogP contribution >= 0.6 is 23.1 Å². The predicted octanol–water partition coefficient (Wildman–Crippen LogP) is 5.42. The van der Waals surface area contributed by atoms with E-state index in [4.69, 9.17) is 9.47 Å². The summed E-state index contributed by atoms with van der Waals surface area (Å²) >= 11 is 3.45. The third kappa shape index (κ3) is 3.94. The highest BCUT2D eigenvalue weighted by Crippen LogP contribution is 2.42. The summed E-state index contributed by atoms with van der Waals surface area (Å²) in [4.78, 5) is 16.7. The van der Waals surface area contributed by atoms with Crippen LogP contribution in [0.15, 0.2) is 53.9 Å². The van der Waals surface area contributed by atoms with Gasteiger partial charge in [0.2, 0.25) is 0 Å². The predicted molar refractivity (Wildman–Crippen MR) is 124 cm³/mol. The number of hydrogen-bond donors (Lipinski definition) is 0. The van der Waals surface area contributed by atoms with Crippen molar-refractivity contribution in [1.29, 1.82) is 0 Å². The summed E-state index contributed by atoms with van der Waals surface area (Å²) in [5.41, 5.74) is 4.26. The first-order chi connectivity index (χ1) is 14.7. The van der Waals surface area contributed by atoms with Gasteiger partial charge in [0.1, 0.15) is 0 Å². The van der Waals surface area contributed by atoms with Crippen molar-refractivity contribution >= 4 is 29.0 Å². The molecule has 1 aliphatic heterocycles. The standard InChI is InChI=1S/C24H25NO3S2/c1-27-20-13-18-10-11-25(24(26)17-8-6-16(7-9-17)15-29-3)23(22-5-4-12-30-22)19(18)14-21(20)28-2/h4-9,12-14,23H,10-11,15H2,1-3H3. The highest BCUT2D eigenvalue weighted by Gasteiger charge is 2.34. The second-order valence-electron chi connectivity index (χ2n) is 7.20. The van der Waals surface area contributed by atoms with Gasteiger partial charge in [-0.25, -0.2) is 0 Å². The molecule has 156 valence electrons. The Morgan fingerprint density at radius 1 is 1.13 bits per heavy atom. The van der Waals surface area contributed by atoms with Crippen LogP contribution in [0, 0.1) is 0 Å². The molecule has 0 fully saturated rings. The van der Waals surface area contributed by atoms with Gasteiger partial charge in [-0.15, -0.1) is 11.3 Å². The molecule has 6 heteroatoms. The summed E-state index contributed by atoms with van der Waals surface area (Å²) in [5, 5.41) is 2.06. The van der Waals surface area contributed by atoms with E-state index in [0.717, 1.165) is 33.9 Å². The maximum atomic E-state index is 13.5. The Hall–Kier alpha value is -2.44. The van der Waals surface area contributed by atoms with Crippen molar-refractivity contribution in [2.75, 3.05) is 27.0 Å². The first-order valence-electron chi connectivity index (χ1n) is 9.83. The average Bonchev–Trinajstić information content (AvgIpc) is 3.32. The van der Waals surface area contributed by atoms with E-state index in [2.05, 4.69) is 29.8 Å². The van der Waals surface area contributed by atoms with E-state index in [1.807, 2.05) is 35.2 Å². The molecule has 1 unspecified atom stereocenters. The fourth-order valence-corrected chi connectivity index (χ4v) is 5.37. The van der Waals surface area contributed by atoms with Crippen LogP contribution in [0.3, 0.4) is 0 Å². The van der Waals surface area contributed by atoms with Gasteiger partial charge in [0, 0.05) is 22.7 Å². The van der Waals surface area contributed by atoms with E-state index in [9.17, 15) is 4.79 Å². The maximum Gasteiger partial charge on any atom is 0.254 e. The van der Waals surface area contributed by atoms with E-state index in [1.165, 1.54) is 11.1 Å². The SMILES string of the molecule is COc1cc2c(cc1OC)C(c1cccs1)N(C(=O)c1ccc(CSC)cc1)CC2. The summed E-state index contributed by atoms with van der Waals surface area (Å²) < 4.78 is 11.1. The van der Waals surface area contributed by atoms with Crippen molar-refractivity contribution in [1.82, 2.24) is 4.90 Å². The van der Waals surface area contributed by atoms with Gasteiger partial charge in [-0.3, -0.25) is 4.79 Å². The highest BCUT2D eigenvalue weighted by atomic mass is 32.2. The van der Waals surface area contributed by atoms with Crippen LogP contribution in [0.4, 0.5) is 0 Å². The quantitative estimate of drug-likeness (QED) is 0.514. The van der Waals surface area contributed by atoms with Crippen LogP contribution in [0.1, 0.15) is 38.0 Å². The Labute approximate surface area is 185 Å². The summed E-state index contributed by atoms with van der Waals surface area (Å²) in [5.74, 6) is 2.42. The fourth-order valence-electron chi connectivity index (χ4n) is 3.99. The molecule has 1 amide bonds. The Morgan fingerprint density at radius 3 is 2.50 bits per heavy atom. The lowest BCUT2D eigenvalue weighted by atomic mass is 9.90. The first-order valence-corrected chi connectivity index (χ1v) is 12.1. The van der Waals surface area contributed by atoms with E-state index in [-0.39, 0.29) is 11.9 Å². The number of thiophene rings is 1. The molecule has 2 heterocycles. The summed E-state index contributed by atoms with van der Waals surface area (Å²) in [6, 6.07) is 16.1. The minimum atomic E-state index is -0.132. The van der Waals surface area contributed by atoms with Gasteiger partial charge in [-0.2, -0.15) is 11.8 Å². The van der Waals surface area contributed by atoms with Gasteiger partial charge in [0.15, 0.2) is 11.5 Å². The van der Waals surface area contributed by atoms with Crippen molar-refractivity contribution in [3.8, 4) is 11.5 Å². The van der Waals surface area contributed by atoms with Gasteiger partial charge in [0.05, 0.1) is 20.3 Å². The summed E-state index contributed by atoms with van der Waals surface area (Å²) in [6.45, 7) is 0.663. The molecule has 0 spiro atoms. The van der Waals surface area contributed by atoms with Crippen LogP contribution in [-0.2, 0) is 12.2 Å². The maximum absolute atomic E-state index is 13.5. The number of amides is 1. The van der Waals surface area contributed by atoms with Crippen LogP contribution < -0.4 is 9.47 Å². The van der Waals surface area contributed by atoms with Gasteiger partial charge in [-0.1, -0.05) is 18.2 Å². The number of methoxy groups -OCH3 is 2. The molecule has 0 saturated carbocycles. The monoisotopic (exact) mass is 439 g/mol. The largest absolute Gasteiger partial charge is 0.493 e. The van der Waals surface area contributed by atoms with Gasteiger partial charge < -0.3 is 14.4 Å². The number of carbonyl (C=O) groups is 1. The van der Waals surface area contributed by atoms with Gasteiger partial charge >= 0.3 is 0 Å². The number of carbonyl (C=O) groups excluding carboxylic acids is 1. The molecule has 4 nitrogen and oxygen atoms in total. The highest BCUT2D eigenvalue weighted by molar-refractivity contribution is 7.97. The first kappa shape index (κ1) is 20.8. The number of rotatable bonds is 6. The van der Waals surface area contributed by atoms with Crippen molar-refractivity contribution in [2.24, 2.45) is 0 Å². The third-order valence-electron chi connectivity index (χ3n) is 5.46. The van der Waals surface area contributed by atoms with Crippen LogP contribution in [0.25, 0.3) is 0 Å².